The second-order valence-corrected chi connectivity index (χ2v) is 7.45. The Balaban J connectivity index is 1.67. The van der Waals surface area contributed by atoms with Crippen molar-refractivity contribution in [3.8, 4) is 5.75 Å². The molecule has 2 N–H and O–H groups in total. The fraction of sp³-hybridized carbons (Fsp3) is 0.286. The van der Waals surface area contributed by atoms with Crippen LogP contribution in [0.1, 0.15) is 25.8 Å². The largest absolute Gasteiger partial charge is 0.484 e. The van der Waals surface area contributed by atoms with E-state index >= 15 is 0 Å². The Hall–Kier alpha value is -2.80. The maximum absolute atomic E-state index is 11.8. The van der Waals surface area contributed by atoms with Gasteiger partial charge in [0.05, 0.1) is 6.21 Å². The summed E-state index contributed by atoms with van der Waals surface area (Å²) in [6, 6.07) is 17.1. The van der Waals surface area contributed by atoms with E-state index in [1.807, 2.05) is 44.2 Å². The molecule has 0 radical (unpaired) electrons. The van der Waals surface area contributed by atoms with Crippen molar-refractivity contribution < 1.29 is 14.3 Å². The van der Waals surface area contributed by atoms with E-state index in [0.717, 1.165) is 10.5 Å². The molecule has 0 heterocycles. The third-order valence-corrected chi connectivity index (χ3v) is 4.46. The summed E-state index contributed by atoms with van der Waals surface area (Å²) in [4.78, 5) is 24.5. The van der Waals surface area contributed by atoms with E-state index in [9.17, 15) is 9.59 Å². The van der Waals surface area contributed by atoms with Crippen molar-refractivity contribution >= 4 is 29.8 Å². The molecule has 148 valence electrons. The molecule has 2 rings (SSSR count). The van der Waals surface area contributed by atoms with Crippen molar-refractivity contribution in [2.75, 3.05) is 12.4 Å². The monoisotopic (exact) mass is 399 g/mol. The highest BCUT2D eigenvalue weighted by Crippen LogP contribution is 2.17. The van der Waals surface area contributed by atoms with Crippen LogP contribution in [0.3, 0.4) is 0 Å². The molecule has 0 saturated heterocycles. The number of carbonyl (C=O) groups is 2. The zero-order chi connectivity index (χ0) is 20.2. The molecule has 2 amide bonds. The zero-order valence-electron chi connectivity index (χ0n) is 16.1. The summed E-state index contributed by atoms with van der Waals surface area (Å²) in [7, 11) is 0. The van der Waals surface area contributed by atoms with Gasteiger partial charge in [0.1, 0.15) is 5.75 Å². The van der Waals surface area contributed by atoms with Gasteiger partial charge in [-0.25, -0.2) is 5.43 Å². The third-order valence-electron chi connectivity index (χ3n) is 3.44. The Morgan fingerprint density at radius 3 is 2.46 bits per heavy atom. The topological polar surface area (TPSA) is 79.8 Å². The summed E-state index contributed by atoms with van der Waals surface area (Å²) in [5.74, 6) is 1.00. The molecule has 0 fully saturated rings. The fourth-order valence-electron chi connectivity index (χ4n) is 2.18. The number of carbonyl (C=O) groups excluding carboxylic acids is 2. The van der Waals surface area contributed by atoms with E-state index in [-0.39, 0.29) is 24.5 Å². The van der Waals surface area contributed by atoms with Gasteiger partial charge in [0.2, 0.25) is 5.91 Å². The molecule has 28 heavy (non-hydrogen) atoms. The number of hydrogen-bond donors (Lipinski definition) is 2. The van der Waals surface area contributed by atoms with Crippen molar-refractivity contribution in [1.29, 1.82) is 0 Å². The van der Waals surface area contributed by atoms with E-state index in [4.69, 9.17) is 4.74 Å². The van der Waals surface area contributed by atoms with Crippen LogP contribution in [-0.2, 0) is 9.59 Å². The normalized spacial score (nSPS) is 10.8. The summed E-state index contributed by atoms with van der Waals surface area (Å²) in [5, 5.41) is 6.72. The van der Waals surface area contributed by atoms with E-state index in [0.29, 0.717) is 17.9 Å². The van der Waals surface area contributed by atoms with Crippen LogP contribution in [0.25, 0.3) is 0 Å². The first-order valence-electron chi connectivity index (χ1n) is 9.05. The highest BCUT2D eigenvalue weighted by atomic mass is 32.2. The summed E-state index contributed by atoms with van der Waals surface area (Å²) >= 11 is 1.63. The number of nitrogens with one attached hydrogen (secondary N) is 2. The summed E-state index contributed by atoms with van der Waals surface area (Å²) < 4.78 is 5.42. The lowest BCUT2D eigenvalue weighted by Gasteiger charge is -2.09. The first kappa shape index (κ1) is 21.5. The molecule has 0 unspecified atom stereocenters. The predicted octanol–water partition coefficient (Wildman–Crippen LogP) is 3.22. The van der Waals surface area contributed by atoms with E-state index in [1.54, 1.807) is 42.2 Å². The fourth-order valence-corrected chi connectivity index (χ4v) is 3.05. The van der Waals surface area contributed by atoms with E-state index < -0.39 is 0 Å². The summed E-state index contributed by atoms with van der Waals surface area (Å²) in [5.41, 5.74) is 3.34. The molecular formula is C21H25N3O3S. The number of nitrogens with zero attached hydrogens (tertiary/aromatic N) is 1. The van der Waals surface area contributed by atoms with Crippen molar-refractivity contribution in [2.45, 2.75) is 31.2 Å². The standard InChI is InChI=1S/C21H25N3O3S/c1-16(2)23-21(26)15-27-18-10-8-17(9-11-18)14-22-24-20(25)12-13-28-19-6-4-3-5-7-19/h3-11,14,16H,12-13,15H2,1-2H3,(H,23,26)(H,24,25). The Morgan fingerprint density at radius 2 is 1.79 bits per heavy atom. The maximum atomic E-state index is 11.8. The van der Waals surface area contributed by atoms with Crippen molar-refractivity contribution in [1.82, 2.24) is 10.7 Å². The lowest BCUT2D eigenvalue weighted by atomic mass is 10.2. The first-order chi connectivity index (χ1) is 13.5. The second-order valence-electron chi connectivity index (χ2n) is 6.28. The minimum atomic E-state index is -0.159. The Kier molecular flexibility index (Phi) is 9.07. The van der Waals surface area contributed by atoms with Gasteiger partial charge >= 0.3 is 0 Å². The molecule has 0 bridgehead atoms. The van der Waals surface area contributed by atoms with Gasteiger partial charge in [0.15, 0.2) is 6.61 Å². The number of hydrogen-bond acceptors (Lipinski definition) is 5. The third kappa shape index (κ3) is 8.73. The van der Waals surface area contributed by atoms with Crippen LogP contribution in [-0.4, -0.2) is 36.4 Å². The zero-order valence-corrected chi connectivity index (χ0v) is 16.9. The summed E-state index contributed by atoms with van der Waals surface area (Å²) in [6.07, 6.45) is 1.96. The SMILES string of the molecule is CC(C)NC(=O)COc1ccc(C=NNC(=O)CCSc2ccccc2)cc1. The molecule has 0 spiro atoms. The Morgan fingerprint density at radius 1 is 1.07 bits per heavy atom. The smallest absolute Gasteiger partial charge is 0.258 e. The van der Waals surface area contributed by atoms with Crippen LogP contribution in [0, 0.1) is 0 Å². The van der Waals surface area contributed by atoms with Gasteiger partial charge in [-0.3, -0.25) is 9.59 Å². The minimum Gasteiger partial charge on any atom is -0.484 e. The molecule has 6 nitrogen and oxygen atoms in total. The molecule has 0 aromatic heterocycles. The number of benzene rings is 2. The van der Waals surface area contributed by atoms with Gasteiger partial charge in [-0.1, -0.05) is 18.2 Å². The van der Waals surface area contributed by atoms with Crippen LogP contribution in [0.2, 0.25) is 0 Å². The van der Waals surface area contributed by atoms with Gasteiger partial charge in [-0.15, -0.1) is 11.8 Å². The molecular weight excluding hydrogens is 374 g/mol. The molecule has 0 aliphatic carbocycles. The lowest BCUT2D eigenvalue weighted by molar-refractivity contribution is -0.123. The molecule has 0 atom stereocenters. The van der Waals surface area contributed by atoms with Gasteiger partial charge in [-0.2, -0.15) is 5.10 Å². The van der Waals surface area contributed by atoms with Crippen LogP contribution < -0.4 is 15.5 Å². The Labute approximate surface area is 169 Å². The van der Waals surface area contributed by atoms with Crippen LogP contribution in [0.5, 0.6) is 5.75 Å². The predicted molar refractivity (Wildman–Crippen MR) is 113 cm³/mol. The summed E-state index contributed by atoms with van der Waals surface area (Å²) in [6.45, 7) is 3.77. The van der Waals surface area contributed by atoms with Gasteiger partial charge < -0.3 is 10.1 Å². The first-order valence-corrected chi connectivity index (χ1v) is 10.0. The quantitative estimate of drug-likeness (QED) is 0.365. The van der Waals surface area contributed by atoms with E-state index in [1.165, 1.54) is 0 Å². The Bertz CT molecular complexity index is 777. The number of thioether (sulfide) groups is 1. The van der Waals surface area contributed by atoms with Crippen LogP contribution >= 0.6 is 11.8 Å². The number of hydrazone groups is 1. The number of rotatable bonds is 10. The molecule has 7 heteroatoms. The number of ether oxygens (including phenoxy) is 1. The average molecular weight is 400 g/mol. The van der Waals surface area contributed by atoms with Crippen molar-refractivity contribution in [3.63, 3.8) is 0 Å². The lowest BCUT2D eigenvalue weighted by Crippen LogP contribution is -2.34. The van der Waals surface area contributed by atoms with Crippen LogP contribution in [0.4, 0.5) is 0 Å². The molecule has 2 aromatic carbocycles. The van der Waals surface area contributed by atoms with Gasteiger partial charge in [-0.05, 0) is 55.8 Å². The van der Waals surface area contributed by atoms with Crippen LogP contribution in [0.15, 0.2) is 64.6 Å². The highest BCUT2D eigenvalue weighted by molar-refractivity contribution is 7.99. The molecule has 0 saturated carbocycles. The average Bonchev–Trinajstić information content (AvgIpc) is 2.68. The highest BCUT2D eigenvalue weighted by Gasteiger charge is 2.04. The van der Waals surface area contributed by atoms with Crippen molar-refractivity contribution in [3.05, 3.63) is 60.2 Å². The maximum Gasteiger partial charge on any atom is 0.258 e. The molecule has 0 aliphatic rings. The van der Waals surface area contributed by atoms with Crippen molar-refractivity contribution in [2.24, 2.45) is 5.10 Å². The van der Waals surface area contributed by atoms with Gasteiger partial charge in [0.25, 0.3) is 5.91 Å². The number of amides is 2. The molecule has 0 aliphatic heterocycles. The second kappa shape index (κ2) is 11.8. The molecule has 2 aromatic rings. The van der Waals surface area contributed by atoms with Gasteiger partial charge in [0, 0.05) is 23.1 Å². The minimum absolute atomic E-state index is 0.0251. The van der Waals surface area contributed by atoms with E-state index in [2.05, 4.69) is 15.8 Å².